The number of carboxylic acid groups (broad SMARTS) is 1. The van der Waals surface area contributed by atoms with Crippen molar-refractivity contribution in [3.05, 3.63) is 71.9 Å². The second kappa shape index (κ2) is 15.0. The summed E-state index contributed by atoms with van der Waals surface area (Å²) < 4.78 is 0. The van der Waals surface area contributed by atoms with Crippen LogP contribution in [0.1, 0.15) is 36.8 Å². The number of rotatable bonds is 14. The fourth-order valence-corrected chi connectivity index (χ4v) is 5.49. The van der Waals surface area contributed by atoms with Crippen LogP contribution in [0.4, 0.5) is 0 Å². The van der Waals surface area contributed by atoms with E-state index in [1.165, 1.54) is 4.90 Å². The van der Waals surface area contributed by atoms with Crippen LogP contribution in [-0.2, 0) is 32.0 Å². The van der Waals surface area contributed by atoms with Gasteiger partial charge in [0.1, 0.15) is 18.1 Å². The van der Waals surface area contributed by atoms with E-state index in [0.29, 0.717) is 19.3 Å². The predicted octanol–water partition coefficient (Wildman–Crippen LogP) is 0.379. The molecule has 2 aromatic carbocycles. The van der Waals surface area contributed by atoms with Crippen molar-refractivity contribution < 1.29 is 24.3 Å². The highest BCUT2D eigenvalue weighted by atomic mass is 16.4. The molecule has 1 aliphatic rings. The topological polar surface area (TPSA) is 222 Å². The maximum absolute atomic E-state index is 13.7. The highest BCUT2D eigenvalue weighted by Crippen LogP contribution is 2.21. The number of aliphatic carboxylic acids is 1. The number of aromatic amines is 1. The van der Waals surface area contributed by atoms with E-state index in [4.69, 9.17) is 17.2 Å². The van der Waals surface area contributed by atoms with E-state index in [-0.39, 0.29) is 38.3 Å². The van der Waals surface area contributed by atoms with E-state index in [1.807, 2.05) is 54.6 Å². The summed E-state index contributed by atoms with van der Waals surface area (Å²) in [6.07, 6.45) is 3.60. The second-order valence-corrected chi connectivity index (χ2v) is 11.0. The summed E-state index contributed by atoms with van der Waals surface area (Å²) in [5, 5.41) is 16.2. The first kappa shape index (κ1) is 32.0. The highest BCUT2D eigenvalue weighted by Gasteiger charge is 2.38. The van der Waals surface area contributed by atoms with E-state index < -0.39 is 47.9 Å². The van der Waals surface area contributed by atoms with E-state index in [0.717, 1.165) is 22.0 Å². The predicted molar refractivity (Wildman–Crippen MR) is 166 cm³/mol. The van der Waals surface area contributed by atoms with Crippen LogP contribution in [0.3, 0.4) is 0 Å². The second-order valence-electron chi connectivity index (χ2n) is 11.0. The van der Waals surface area contributed by atoms with Gasteiger partial charge in [-0.15, -0.1) is 0 Å². The van der Waals surface area contributed by atoms with Crippen molar-refractivity contribution >= 4 is 40.6 Å². The van der Waals surface area contributed by atoms with Gasteiger partial charge in [0, 0.05) is 36.6 Å². The van der Waals surface area contributed by atoms with Crippen molar-refractivity contribution in [2.45, 2.75) is 62.7 Å². The number of nitrogens with one attached hydrogen (secondary N) is 3. The lowest BCUT2D eigenvalue weighted by molar-refractivity contribution is -0.149. The highest BCUT2D eigenvalue weighted by molar-refractivity contribution is 5.94. The summed E-state index contributed by atoms with van der Waals surface area (Å²) in [6, 6.07) is 12.8. The fourth-order valence-electron chi connectivity index (χ4n) is 5.49. The number of aromatic nitrogens is 1. The Morgan fingerprint density at radius 2 is 1.68 bits per heavy atom. The molecule has 4 rings (SSSR count). The summed E-state index contributed by atoms with van der Waals surface area (Å²) in [6.45, 7) is 0.502. The number of hydrogen-bond donors (Lipinski definition) is 7. The number of H-pyrrole nitrogens is 1. The first-order valence-corrected chi connectivity index (χ1v) is 14.7. The van der Waals surface area contributed by atoms with E-state index >= 15 is 0 Å². The van der Waals surface area contributed by atoms with Gasteiger partial charge in [0.05, 0.1) is 6.04 Å². The van der Waals surface area contributed by atoms with Gasteiger partial charge in [-0.05, 0) is 49.3 Å². The number of para-hydroxylation sites is 1. The molecule has 0 spiro atoms. The molecule has 234 valence electrons. The Labute approximate surface area is 255 Å². The molecular weight excluding hydrogens is 564 g/mol. The Morgan fingerprint density at radius 3 is 2.41 bits per heavy atom. The smallest absolute Gasteiger partial charge is 0.326 e. The quantitative estimate of drug-likeness (QED) is 0.0772. The summed E-state index contributed by atoms with van der Waals surface area (Å²) >= 11 is 0. The Kier molecular flexibility index (Phi) is 10.9. The average molecular weight is 605 g/mol. The molecule has 13 nitrogen and oxygen atoms in total. The summed E-state index contributed by atoms with van der Waals surface area (Å²) in [4.78, 5) is 60.9. The number of nitrogens with zero attached hydrogens (tertiary/aromatic N) is 2. The zero-order chi connectivity index (χ0) is 31.6. The van der Waals surface area contributed by atoms with E-state index in [9.17, 15) is 24.3 Å². The van der Waals surface area contributed by atoms with Gasteiger partial charge in [-0.25, -0.2) is 4.79 Å². The third kappa shape index (κ3) is 8.34. The van der Waals surface area contributed by atoms with Crippen LogP contribution in [0.15, 0.2) is 65.8 Å². The van der Waals surface area contributed by atoms with Crippen molar-refractivity contribution in [3.8, 4) is 0 Å². The SMILES string of the molecule is NC(N)=NCCCC(NC(=O)C(N)Cc1c[nH]c2ccccc12)C(=O)NC(Cc1ccccc1)C(=O)N1CCCC1C(=O)O. The van der Waals surface area contributed by atoms with E-state index in [1.54, 1.807) is 6.20 Å². The van der Waals surface area contributed by atoms with Gasteiger partial charge in [-0.2, -0.15) is 0 Å². The summed E-state index contributed by atoms with van der Waals surface area (Å²) in [7, 11) is 0. The number of benzene rings is 2. The van der Waals surface area contributed by atoms with Gasteiger partial charge in [-0.3, -0.25) is 19.4 Å². The van der Waals surface area contributed by atoms with Gasteiger partial charge in [0.15, 0.2) is 5.96 Å². The third-order valence-corrected chi connectivity index (χ3v) is 7.75. The molecule has 4 unspecified atom stereocenters. The molecule has 2 heterocycles. The number of fused-ring (bicyclic) bond motifs is 1. The first-order valence-electron chi connectivity index (χ1n) is 14.7. The van der Waals surface area contributed by atoms with Crippen LogP contribution >= 0.6 is 0 Å². The molecule has 10 N–H and O–H groups in total. The number of aliphatic imine (C=N–C) groups is 1. The number of likely N-dealkylation sites (tertiary alicyclic amines) is 1. The van der Waals surface area contributed by atoms with Crippen LogP contribution in [0.5, 0.6) is 0 Å². The van der Waals surface area contributed by atoms with Crippen molar-refractivity contribution in [1.82, 2.24) is 20.5 Å². The molecule has 1 fully saturated rings. The monoisotopic (exact) mass is 604 g/mol. The van der Waals surface area contributed by atoms with Gasteiger partial charge in [-0.1, -0.05) is 48.5 Å². The molecular formula is C31H40N8O5. The largest absolute Gasteiger partial charge is 0.480 e. The van der Waals surface area contributed by atoms with Gasteiger partial charge in [0.2, 0.25) is 17.7 Å². The number of amides is 3. The lowest BCUT2D eigenvalue weighted by Crippen LogP contribution is -2.57. The fraction of sp³-hybridized carbons (Fsp3) is 0.387. The zero-order valence-electron chi connectivity index (χ0n) is 24.4. The van der Waals surface area contributed by atoms with Crippen LogP contribution < -0.4 is 27.8 Å². The number of carbonyl (C=O) groups is 4. The van der Waals surface area contributed by atoms with Crippen LogP contribution in [0.25, 0.3) is 10.9 Å². The lowest BCUT2D eigenvalue weighted by Gasteiger charge is -2.29. The molecule has 0 saturated carbocycles. The van der Waals surface area contributed by atoms with Gasteiger partial charge in [0.25, 0.3) is 0 Å². The Hall–Kier alpha value is -4.91. The lowest BCUT2D eigenvalue weighted by atomic mass is 10.0. The number of guanidine groups is 1. The zero-order valence-corrected chi connectivity index (χ0v) is 24.4. The molecule has 3 amide bonds. The molecule has 0 radical (unpaired) electrons. The van der Waals surface area contributed by atoms with Crippen molar-refractivity contribution in [2.24, 2.45) is 22.2 Å². The molecule has 3 aromatic rings. The molecule has 4 atom stereocenters. The number of carbonyl (C=O) groups excluding carboxylic acids is 3. The Morgan fingerprint density at radius 1 is 0.977 bits per heavy atom. The maximum Gasteiger partial charge on any atom is 0.326 e. The molecule has 1 aliphatic heterocycles. The van der Waals surface area contributed by atoms with Crippen LogP contribution in [0, 0.1) is 0 Å². The molecule has 0 aliphatic carbocycles. The molecule has 44 heavy (non-hydrogen) atoms. The normalized spacial score (nSPS) is 16.6. The van der Waals surface area contributed by atoms with Crippen LogP contribution in [-0.4, -0.2) is 81.9 Å². The Balaban J connectivity index is 1.51. The minimum Gasteiger partial charge on any atom is -0.480 e. The van der Waals surface area contributed by atoms with Crippen molar-refractivity contribution in [2.75, 3.05) is 13.1 Å². The number of carboxylic acids is 1. The van der Waals surface area contributed by atoms with Crippen molar-refractivity contribution in [3.63, 3.8) is 0 Å². The first-order chi connectivity index (χ1) is 21.1. The Bertz CT molecular complexity index is 1490. The van der Waals surface area contributed by atoms with E-state index in [2.05, 4.69) is 20.6 Å². The summed E-state index contributed by atoms with van der Waals surface area (Å²) in [5.74, 6) is -2.80. The standard InChI is InChI=1S/C31H40N8O5/c32-22(17-20-18-36-23-11-5-4-10-21(20)23)27(40)37-24(12-6-14-35-31(33)34)28(41)38-25(16-19-8-2-1-3-9-19)29(42)39-15-7-13-26(39)30(43)44/h1-5,8-11,18,22,24-26,36H,6-7,12-17,32H2,(H,37,40)(H,38,41)(H,43,44)(H4,33,34,35). The van der Waals surface area contributed by atoms with Gasteiger partial charge < -0.3 is 42.8 Å². The summed E-state index contributed by atoms with van der Waals surface area (Å²) in [5.41, 5.74) is 19.7. The molecule has 13 heteroatoms. The number of hydrogen-bond acceptors (Lipinski definition) is 6. The van der Waals surface area contributed by atoms with Crippen molar-refractivity contribution in [1.29, 1.82) is 0 Å². The molecule has 0 bridgehead atoms. The molecule has 1 aromatic heterocycles. The third-order valence-electron chi connectivity index (χ3n) is 7.75. The minimum absolute atomic E-state index is 0.0945. The minimum atomic E-state index is -1.09. The van der Waals surface area contributed by atoms with Crippen LogP contribution in [0.2, 0.25) is 0 Å². The average Bonchev–Trinajstić information content (AvgIpc) is 3.66. The number of nitrogens with two attached hydrogens (primary N) is 3. The molecule has 1 saturated heterocycles. The maximum atomic E-state index is 13.7. The van der Waals surface area contributed by atoms with Gasteiger partial charge >= 0.3 is 5.97 Å².